The summed E-state index contributed by atoms with van der Waals surface area (Å²) in [5, 5.41) is 20.7. The number of carboxylic acid groups (broad SMARTS) is 1. The standard InChI is InChI=1S/C19H17F2N5O2S/c20-11-7-19(8-11,17-13(21)2-1-5-22-17)10-24-15-4-3-14(25-26-15)18-23-9-12(29-18)6-16(27)28/h1-5,9,11H,6-8,10H2,(H,24,26)(H,27,28)/t11-,19-. The maximum atomic E-state index is 14.2. The Morgan fingerprint density at radius 2 is 2.10 bits per heavy atom. The van der Waals surface area contributed by atoms with Crippen molar-refractivity contribution in [3.05, 3.63) is 53.0 Å². The molecule has 1 fully saturated rings. The Labute approximate surface area is 168 Å². The van der Waals surface area contributed by atoms with E-state index < -0.39 is 23.4 Å². The molecule has 1 saturated carbocycles. The van der Waals surface area contributed by atoms with Crippen LogP contribution in [0.5, 0.6) is 0 Å². The van der Waals surface area contributed by atoms with Gasteiger partial charge in [0.2, 0.25) is 0 Å². The lowest BCUT2D eigenvalue weighted by atomic mass is 9.65. The summed E-state index contributed by atoms with van der Waals surface area (Å²) >= 11 is 1.24. The number of halogens is 2. The van der Waals surface area contributed by atoms with Crippen molar-refractivity contribution in [2.45, 2.75) is 30.8 Å². The topological polar surface area (TPSA) is 101 Å². The fraction of sp³-hybridized carbons (Fsp3) is 0.316. The third-order valence-electron chi connectivity index (χ3n) is 4.86. The molecule has 150 valence electrons. The van der Waals surface area contributed by atoms with Gasteiger partial charge < -0.3 is 10.4 Å². The molecule has 0 bridgehead atoms. The summed E-state index contributed by atoms with van der Waals surface area (Å²) in [6.07, 6.45) is 2.35. The van der Waals surface area contributed by atoms with Crippen LogP contribution in [-0.4, -0.2) is 44.0 Å². The van der Waals surface area contributed by atoms with Crippen molar-refractivity contribution in [3.63, 3.8) is 0 Å². The number of carboxylic acids is 1. The zero-order valence-electron chi connectivity index (χ0n) is 15.2. The molecule has 1 aliphatic rings. The van der Waals surface area contributed by atoms with Crippen LogP contribution in [0.15, 0.2) is 36.7 Å². The summed E-state index contributed by atoms with van der Waals surface area (Å²) in [5.41, 5.74) is 0.0708. The molecule has 0 saturated heterocycles. The summed E-state index contributed by atoms with van der Waals surface area (Å²) in [5.74, 6) is -0.895. The summed E-state index contributed by atoms with van der Waals surface area (Å²) in [6, 6.07) is 6.26. The van der Waals surface area contributed by atoms with Crippen molar-refractivity contribution in [2.24, 2.45) is 0 Å². The van der Waals surface area contributed by atoms with Gasteiger partial charge >= 0.3 is 5.97 Å². The number of anilines is 1. The van der Waals surface area contributed by atoms with Crippen LogP contribution in [0.1, 0.15) is 23.4 Å². The Kier molecular flexibility index (Phi) is 5.18. The number of thiazole rings is 1. The number of pyridine rings is 1. The van der Waals surface area contributed by atoms with E-state index in [1.807, 2.05) is 0 Å². The molecule has 10 heteroatoms. The van der Waals surface area contributed by atoms with Crippen LogP contribution in [0.2, 0.25) is 0 Å². The fourth-order valence-electron chi connectivity index (χ4n) is 3.44. The average molecular weight is 417 g/mol. The van der Waals surface area contributed by atoms with Crippen molar-refractivity contribution in [1.82, 2.24) is 20.2 Å². The van der Waals surface area contributed by atoms with E-state index in [4.69, 9.17) is 5.11 Å². The molecule has 0 radical (unpaired) electrons. The van der Waals surface area contributed by atoms with Crippen molar-refractivity contribution in [3.8, 4) is 10.7 Å². The monoisotopic (exact) mass is 417 g/mol. The molecule has 7 nitrogen and oxygen atoms in total. The highest BCUT2D eigenvalue weighted by atomic mass is 32.1. The molecule has 4 rings (SSSR count). The molecular weight excluding hydrogens is 400 g/mol. The van der Waals surface area contributed by atoms with Gasteiger partial charge in [0.25, 0.3) is 0 Å². The van der Waals surface area contributed by atoms with E-state index >= 15 is 0 Å². The minimum Gasteiger partial charge on any atom is -0.481 e. The molecule has 0 spiro atoms. The molecule has 1 aliphatic carbocycles. The van der Waals surface area contributed by atoms with Crippen LogP contribution in [-0.2, 0) is 16.6 Å². The van der Waals surface area contributed by atoms with Crippen LogP contribution in [0.25, 0.3) is 10.7 Å². The Balaban J connectivity index is 1.45. The highest BCUT2D eigenvalue weighted by Crippen LogP contribution is 2.45. The first-order valence-electron chi connectivity index (χ1n) is 8.95. The van der Waals surface area contributed by atoms with E-state index in [2.05, 4.69) is 25.5 Å². The Bertz CT molecular complexity index is 1020. The molecule has 3 heterocycles. The maximum Gasteiger partial charge on any atom is 0.308 e. The number of aliphatic carboxylic acids is 1. The van der Waals surface area contributed by atoms with Gasteiger partial charge in [0, 0.05) is 29.2 Å². The lowest BCUT2D eigenvalue weighted by molar-refractivity contribution is -0.136. The summed E-state index contributed by atoms with van der Waals surface area (Å²) in [6.45, 7) is 0.287. The lowest BCUT2D eigenvalue weighted by Crippen LogP contribution is -2.49. The molecule has 0 unspecified atom stereocenters. The number of rotatable bonds is 7. The number of carbonyl (C=O) groups is 1. The molecule has 29 heavy (non-hydrogen) atoms. The molecular formula is C19H17F2N5O2S. The predicted molar refractivity (Wildman–Crippen MR) is 103 cm³/mol. The Morgan fingerprint density at radius 3 is 2.76 bits per heavy atom. The van der Waals surface area contributed by atoms with Crippen molar-refractivity contribution in [1.29, 1.82) is 0 Å². The minimum absolute atomic E-state index is 0.0908. The van der Waals surface area contributed by atoms with Gasteiger partial charge in [0.1, 0.15) is 28.5 Å². The number of alkyl halides is 1. The van der Waals surface area contributed by atoms with E-state index in [0.717, 1.165) is 0 Å². The summed E-state index contributed by atoms with van der Waals surface area (Å²) < 4.78 is 27.8. The van der Waals surface area contributed by atoms with E-state index in [-0.39, 0.29) is 31.5 Å². The molecule has 0 aliphatic heterocycles. The average Bonchev–Trinajstić information content (AvgIpc) is 3.13. The van der Waals surface area contributed by atoms with Gasteiger partial charge in [0.05, 0.1) is 12.1 Å². The number of hydrogen-bond acceptors (Lipinski definition) is 7. The minimum atomic E-state index is -0.975. The smallest absolute Gasteiger partial charge is 0.308 e. The largest absolute Gasteiger partial charge is 0.481 e. The molecule has 2 N–H and O–H groups in total. The second-order valence-electron chi connectivity index (χ2n) is 6.98. The fourth-order valence-corrected chi connectivity index (χ4v) is 4.31. The first-order chi connectivity index (χ1) is 13.9. The third kappa shape index (κ3) is 4.07. The third-order valence-corrected chi connectivity index (χ3v) is 5.88. The van der Waals surface area contributed by atoms with Gasteiger partial charge in [-0.15, -0.1) is 21.5 Å². The molecule has 3 aromatic heterocycles. The van der Waals surface area contributed by atoms with Crippen molar-refractivity contribution in [2.75, 3.05) is 11.9 Å². The number of nitrogens with one attached hydrogen (secondary N) is 1. The van der Waals surface area contributed by atoms with Gasteiger partial charge in [-0.3, -0.25) is 9.78 Å². The van der Waals surface area contributed by atoms with E-state index in [9.17, 15) is 13.6 Å². The van der Waals surface area contributed by atoms with Crippen molar-refractivity contribution >= 4 is 23.1 Å². The highest BCUT2D eigenvalue weighted by Gasteiger charge is 2.48. The summed E-state index contributed by atoms with van der Waals surface area (Å²) in [4.78, 5) is 19.7. The number of nitrogens with zero attached hydrogens (tertiary/aromatic N) is 4. The zero-order chi connectivity index (χ0) is 20.4. The Hall–Kier alpha value is -3.01. The SMILES string of the molecule is O=C(O)Cc1cnc(-c2ccc(NC[C@]3(c4ncccc4F)C[C@H](F)C3)nn2)s1. The molecule has 0 atom stereocenters. The van der Waals surface area contributed by atoms with Gasteiger partial charge in [-0.05, 0) is 37.1 Å². The van der Waals surface area contributed by atoms with Crippen LogP contribution in [0.3, 0.4) is 0 Å². The van der Waals surface area contributed by atoms with E-state index in [0.29, 0.717) is 21.4 Å². The molecule has 0 amide bonds. The first kappa shape index (κ1) is 19.3. The Morgan fingerprint density at radius 1 is 1.28 bits per heavy atom. The number of aromatic nitrogens is 4. The molecule has 0 aromatic carbocycles. The molecule has 3 aromatic rings. The van der Waals surface area contributed by atoms with Crippen LogP contribution in [0.4, 0.5) is 14.6 Å². The van der Waals surface area contributed by atoms with Crippen LogP contribution >= 0.6 is 11.3 Å². The number of hydrogen-bond donors (Lipinski definition) is 2. The van der Waals surface area contributed by atoms with Gasteiger partial charge in [-0.1, -0.05) is 0 Å². The zero-order valence-corrected chi connectivity index (χ0v) is 16.0. The lowest BCUT2D eigenvalue weighted by Gasteiger charge is -2.43. The van der Waals surface area contributed by atoms with Crippen molar-refractivity contribution < 1.29 is 18.7 Å². The van der Waals surface area contributed by atoms with Crippen LogP contribution in [0, 0.1) is 5.82 Å². The maximum absolute atomic E-state index is 14.2. The quantitative estimate of drug-likeness (QED) is 0.609. The highest BCUT2D eigenvalue weighted by molar-refractivity contribution is 7.15. The van der Waals surface area contributed by atoms with E-state index in [1.54, 1.807) is 12.1 Å². The van der Waals surface area contributed by atoms with Crippen LogP contribution < -0.4 is 5.32 Å². The van der Waals surface area contributed by atoms with Gasteiger partial charge in [-0.2, -0.15) is 0 Å². The predicted octanol–water partition coefficient (Wildman–Crippen LogP) is 3.24. The second kappa shape index (κ2) is 7.78. The van der Waals surface area contributed by atoms with E-state index in [1.165, 1.54) is 35.9 Å². The normalized spacial score (nSPS) is 20.8. The second-order valence-corrected chi connectivity index (χ2v) is 8.09. The van der Waals surface area contributed by atoms with Gasteiger partial charge in [-0.25, -0.2) is 13.8 Å². The summed E-state index contributed by atoms with van der Waals surface area (Å²) in [7, 11) is 0. The van der Waals surface area contributed by atoms with Gasteiger partial charge in [0.15, 0.2) is 0 Å². The first-order valence-corrected chi connectivity index (χ1v) is 9.76.